The summed E-state index contributed by atoms with van der Waals surface area (Å²) in [5, 5.41) is 6.54. The molecule has 1 amide bonds. The number of hydrogen-bond acceptors (Lipinski definition) is 3. The highest BCUT2D eigenvalue weighted by molar-refractivity contribution is 14.0. The van der Waals surface area contributed by atoms with Gasteiger partial charge in [-0.25, -0.2) is 4.99 Å². The van der Waals surface area contributed by atoms with Crippen molar-refractivity contribution in [3.63, 3.8) is 0 Å². The molecule has 7 heteroatoms. The van der Waals surface area contributed by atoms with E-state index in [4.69, 9.17) is 0 Å². The minimum atomic E-state index is 0. The molecule has 0 saturated heterocycles. The normalized spacial score (nSPS) is 14.6. The van der Waals surface area contributed by atoms with E-state index < -0.39 is 0 Å². The van der Waals surface area contributed by atoms with E-state index in [1.54, 1.807) is 30.8 Å². The van der Waals surface area contributed by atoms with Crippen molar-refractivity contribution < 1.29 is 4.79 Å². The topological polar surface area (TPSA) is 56.7 Å². The van der Waals surface area contributed by atoms with Gasteiger partial charge < -0.3 is 15.5 Å². The van der Waals surface area contributed by atoms with Gasteiger partial charge in [0.25, 0.3) is 0 Å². The van der Waals surface area contributed by atoms with Crippen molar-refractivity contribution in [3.8, 4) is 0 Å². The molecule has 1 fully saturated rings. The Bertz CT molecular complexity index is 295. The maximum Gasteiger partial charge on any atom is 0.243 e. The number of carbonyl (C=O) groups is 1. The summed E-state index contributed by atoms with van der Waals surface area (Å²) in [5.41, 5.74) is 0. The minimum absolute atomic E-state index is 0. The van der Waals surface area contributed by atoms with Gasteiger partial charge in [0.1, 0.15) is 6.54 Å². The van der Waals surface area contributed by atoms with Crippen LogP contribution in [0.3, 0.4) is 0 Å². The third-order valence-electron chi connectivity index (χ3n) is 2.72. The summed E-state index contributed by atoms with van der Waals surface area (Å²) in [5.74, 6) is 2.60. The molecule has 0 heterocycles. The van der Waals surface area contributed by atoms with Crippen molar-refractivity contribution in [1.82, 2.24) is 15.5 Å². The Morgan fingerprint density at radius 3 is 2.58 bits per heavy atom. The van der Waals surface area contributed by atoms with Gasteiger partial charge in [-0.15, -0.1) is 24.0 Å². The SMILES string of the molecule is CSCCNC(=NCC(=O)N(C)C)NCC1CC1.I. The monoisotopic (exact) mass is 400 g/mol. The Labute approximate surface area is 137 Å². The number of aliphatic imine (C=N–C) groups is 1. The number of thioether (sulfide) groups is 1. The van der Waals surface area contributed by atoms with Crippen LogP contribution in [0.4, 0.5) is 0 Å². The highest BCUT2D eigenvalue weighted by Crippen LogP contribution is 2.27. The van der Waals surface area contributed by atoms with Gasteiger partial charge in [-0.3, -0.25) is 4.79 Å². The van der Waals surface area contributed by atoms with E-state index in [0.29, 0.717) is 0 Å². The van der Waals surface area contributed by atoms with Crippen LogP contribution in [-0.4, -0.2) is 62.5 Å². The lowest BCUT2D eigenvalue weighted by atomic mass is 10.4. The molecule has 1 aliphatic carbocycles. The Morgan fingerprint density at radius 2 is 2.05 bits per heavy atom. The lowest BCUT2D eigenvalue weighted by Gasteiger charge is -2.13. The third kappa shape index (κ3) is 9.37. The second-order valence-electron chi connectivity index (χ2n) is 4.70. The molecule has 2 N–H and O–H groups in total. The van der Waals surface area contributed by atoms with Gasteiger partial charge in [-0.2, -0.15) is 11.8 Å². The van der Waals surface area contributed by atoms with E-state index in [9.17, 15) is 4.79 Å². The van der Waals surface area contributed by atoms with Crippen molar-refractivity contribution in [1.29, 1.82) is 0 Å². The fourth-order valence-corrected chi connectivity index (χ4v) is 1.60. The van der Waals surface area contributed by atoms with E-state index in [1.165, 1.54) is 12.8 Å². The molecule has 1 rings (SSSR count). The van der Waals surface area contributed by atoms with Gasteiger partial charge in [-0.05, 0) is 25.0 Å². The molecule has 0 unspecified atom stereocenters. The largest absolute Gasteiger partial charge is 0.356 e. The van der Waals surface area contributed by atoms with E-state index >= 15 is 0 Å². The van der Waals surface area contributed by atoms with Crippen LogP contribution in [-0.2, 0) is 4.79 Å². The number of hydrogen-bond donors (Lipinski definition) is 2. The maximum atomic E-state index is 11.5. The summed E-state index contributed by atoms with van der Waals surface area (Å²) in [6, 6.07) is 0. The Kier molecular flexibility index (Phi) is 10.5. The molecule has 0 aromatic rings. The zero-order valence-electron chi connectivity index (χ0n) is 11.9. The van der Waals surface area contributed by atoms with Gasteiger partial charge in [0, 0.05) is 32.9 Å². The van der Waals surface area contributed by atoms with Crippen LogP contribution >= 0.6 is 35.7 Å². The summed E-state index contributed by atoms with van der Waals surface area (Å²) in [7, 11) is 3.49. The number of amides is 1. The molecule has 0 aromatic carbocycles. The summed E-state index contributed by atoms with van der Waals surface area (Å²) < 4.78 is 0. The van der Waals surface area contributed by atoms with Crippen LogP contribution in [0.2, 0.25) is 0 Å². The van der Waals surface area contributed by atoms with Crippen molar-refractivity contribution in [2.75, 3.05) is 45.7 Å². The molecule has 0 aliphatic heterocycles. The molecule has 0 bridgehead atoms. The van der Waals surface area contributed by atoms with Crippen LogP contribution < -0.4 is 10.6 Å². The van der Waals surface area contributed by atoms with Crippen LogP contribution in [0.15, 0.2) is 4.99 Å². The van der Waals surface area contributed by atoms with Gasteiger partial charge in [0.15, 0.2) is 5.96 Å². The predicted molar refractivity (Wildman–Crippen MR) is 93.5 cm³/mol. The van der Waals surface area contributed by atoms with Gasteiger partial charge >= 0.3 is 0 Å². The number of nitrogens with one attached hydrogen (secondary N) is 2. The van der Waals surface area contributed by atoms with Crippen molar-refractivity contribution in [2.45, 2.75) is 12.8 Å². The fourth-order valence-electron chi connectivity index (χ4n) is 1.30. The Balaban J connectivity index is 0.00000324. The standard InChI is InChI=1S/C12H24N4OS.HI/c1-16(2)11(17)9-15-12(13-6-7-18-3)14-8-10-4-5-10;/h10H,4-9H2,1-3H3,(H2,13,14,15);1H. The zero-order chi connectivity index (χ0) is 13.4. The van der Waals surface area contributed by atoms with Crippen molar-refractivity contribution in [2.24, 2.45) is 10.9 Å². The molecule has 112 valence electrons. The molecule has 1 aliphatic rings. The first kappa shape index (κ1) is 18.8. The van der Waals surface area contributed by atoms with Gasteiger partial charge in [0.05, 0.1) is 0 Å². The zero-order valence-corrected chi connectivity index (χ0v) is 15.1. The average molecular weight is 400 g/mol. The van der Waals surface area contributed by atoms with Gasteiger partial charge in [-0.1, -0.05) is 0 Å². The number of rotatable bonds is 7. The first-order chi connectivity index (χ1) is 8.63. The van der Waals surface area contributed by atoms with Crippen molar-refractivity contribution in [3.05, 3.63) is 0 Å². The lowest BCUT2D eigenvalue weighted by Crippen LogP contribution is -2.40. The third-order valence-corrected chi connectivity index (χ3v) is 3.34. The summed E-state index contributed by atoms with van der Waals surface area (Å²) in [6.45, 7) is 2.03. The fraction of sp³-hybridized carbons (Fsp3) is 0.833. The summed E-state index contributed by atoms with van der Waals surface area (Å²) in [4.78, 5) is 17.4. The molecule has 0 aromatic heterocycles. The lowest BCUT2D eigenvalue weighted by molar-refractivity contribution is -0.127. The van der Waals surface area contributed by atoms with Crippen LogP contribution in [0.5, 0.6) is 0 Å². The summed E-state index contributed by atoms with van der Waals surface area (Å²) >= 11 is 1.79. The average Bonchev–Trinajstić information content (AvgIpc) is 3.15. The first-order valence-electron chi connectivity index (χ1n) is 6.34. The van der Waals surface area contributed by atoms with E-state index in [1.807, 2.05) is 0 Å². The first-order valence-corrected chi connectivity index (χ1v) is 7.74. The quantitative estimate of drug-likeness (QED) is 0.290. The molecule has 0 spiro atoms. The van der Waals surface area contributed by atoms with E-state index in [0.717, 1.165) is 30.7 Å². The smallest absolute Gasteiger partial charge is 0.243 e. The summed E-state index contributed by atoms with van der Waals surface area (Å²) in [6.07, 6.45) is 4.69. The predicted octanol–water partition coefficient (Wildman–Crippen LogP) is 1.00. The highest BCUT2D eigenvalue weighted by atomic mass is 127. The van der Waals surface area contributed by atoms with E-state index in [-0.39, 0.29) is 36.4 Å². The molecular weight excluding hydrogens is 375 g/mol. The number of likely N-dealkylation sites (N-methyl/N-ethyl adjacent to an activating group) is 1. The molecule has 1 saturated carbocycles. The molecule has 5 nitrogen and oxygen atoms in total. The molecular formula is C12H25IN4OS. The van der Waals surface area contributed by atoms with Gasteiger partial charge in [0.2, 0.25) is 5.91 Å². The Morgan fingerprint density at radius 1 is 1.37 bits per heavy atom. The molecule has 0 radical (unpaired) electrons. The number of guanidine groups is 1. The van der Waals surface area contributed by atoms with E-state index in [2.05, 4.69) is 21.9 Å². The molecule has 0 atom stereocenters. The molecule has 19 heavy (non-hydrogen) atoms. The number of halogens is 1. The highest BCUT2D eigenvalue weighted by Gasteiger charge is 2.21. The minimum Gasteiger partial charge on any atom is -0.356 e. The second-order valence-corrected chi connectivity index (χ2v) is 5.68. The van der Waals surface area contributed by atoms with Crippen molar-refractivity contribution >= 4 is 47.6 Å². The van der Waals surface area contributed by atoms with Crippen LogP contribution in [0.1, 0.15) is 12.8 Å². The van der Waals surface area contributed by atoms with Crippen LogP contribution in [0.25, 0.3) is 0 Å². The Hall–Kier alpha value is -0.180. The number of nitrogens with zero attached hydrogens (tertiary/aromatic N) is 2. The van der Waals surface area contributed by atoms with Crippen LogP contribution in [0, 0.1) is 5.92 Å². The number of carbonyl (C=O) groups excluding carboxylic acids is 1. The second kappa shape index (κ2) is 10.6. The maximum absolute atomic E-state index is 11.5.